The van der Waals surface area contributed by atoms with E-state index in [0.29, 0.717) is 6.04 Å². The number of hydrogen-bond acceptors (Lipinski definition) is 3. The van der Waals surface area contributed by atoms with Crippen molar-refractivity contribution in [1.29, 1.82) is 0 Å². The quantitative estimate of drug-likeness (QED) is 0.885. The summed E-state index contributed by atoms with van der Waals surface area (Å²) in [6.07, 6.45) is 10.2. The van der Waals surface area contributed by atoms with Gasteiger partial charge in [-0.2, -0.15) is 5.10 Å². The van der Waals surface area contributed by atoms with Crippen molar-refractivity contribution in [3.8, 4) is 0 Å². The Morgan fingerprint density at radius 2 is 2.44 bits per heavy atom. The predicted molar refractivity (Wildman–Crippen MR) is 70.5 cm³/mol. The van der Waals surface area contributed by atoms with E-state index in [2.05, 4.69) is 23.5 Å². The topological polar surface area (TPSA) is 39.1 Å². The molecule has 100 valence electrons. The maximum atomic E-state index is 5.94. The van der Waals surface area contributed by atoms with Gasteiger partial charge in [-0.1, -0.05) is 0 Å². The highest BCUT2D eigenvalue weighted by molar-refractivity contribution is 4.99. The number of aryl methyl sites for hydroxylation is 1. The molecule has 0 radical (unpaired) electrons. The summed E-state index contributed by atoms with van der Waals surface area (Å²) in [6, 6.07) is 0.635. The molecule has 1 aromatic heterocycles. The zero-order valence-corrected chi connectivity index (χ0v) is 11.2. The third-order valence-electron chi connectivity index (χ3n) is 4.29. The summed E-state index contributed by atoms with van der Waals surface area (Å²) in [7, 11) is 0. The third-order valence-corrected chi connectivity index (χ3v) is 4.29. The standard InChI is InChI=1S/C14H23N3O/c1-12-10-16-17(11-12)7-6-15-13-3-8-18-14(9-13)4-2-5-14/h10-11,13,15H,2-9H2,1H3. The summed E-state index contributed by atoms with van der Waals surface area (Å²) < 4.78 is 7.96. The molecule has 18 heavy (non-hydrogen) atoms. The molecule has 1 aromatic rings. The van der Waals surface area contributed by atoms with Crippen LogP contribution in [0.3, 0.4) is 0 Å². The van der Waals surface area contributed by atoms with Crippen LogP contribution in [-0.4, -0.2) is 34.6 Å². The van der Waals surface area contributed by atoms with E-state index >= 15 is 0 Å². The molecule has 4 nitrogen and oxygen atoms in total. The molecule has 2 aliphatic rings. The summed E-state index contributed by atoms with van der Waals surface area (Å²) in [6.45, 7) is 4.97. The summed E-state index contributed by atoms with van der Waals surface area (Å²) >= 11 is 0. The monoisotopic (exact) mass is 249 g/mol. The minimum atomic E-state index is 0.248. The molecule has 1 atom stereocenters. The molecule has 3 rings (SSSR count). The summed E-state index contributed by atoms with van der Waals surface area (Å²) in [5.74, 6) is 0. The van der Waals surface area contributed by atoms with Crippen LogP contribution in [0.1, 0.15) is 37.7 Å². The normalized spacial score (nSPS) is 26.2. The molecule has 4 heteroatoms. The average Bonchev–Trinajstić information content (AvgIpc) is 2.74. The number of nitrogens with one attached hydrogen (secondary N) is 1. The Kier molecular flexibility index (Phi) is 3.39. The molecule has 1 aliphatic heterocycles. The fourth-order valence-corrected chi connectivity index (χ4v) is 3.09. The maximum Gasteiger partial charge on any atom is 0.0697 e. The summed E-state index contributed by atoms with van der Waals surface area (Å²) in [5, 5.41) is 7.97. The Labute approximate surface area is 109 Å². The molecule has 1 N–H and O–H groups in total. The van der Waals surface area contributed by atoms with Crippen LogP contribution in [0.25, 0.3) is 0 Å². The predicted octanol–water partition coefficient (Wildman–Crippen LogP) is 1.88. The van der Waals surface area contributed by atoms with Gasteiger partial charge in [-0.05, 0) is 44.6 Å². The fraction of sp³-hybridized carbons (Fsp3) is 0.786. The molecular formula is C14H23N3O. The SMILES string of the molecule is Cc1cnn(CCNC2CCOC3(CCC3)C2)c1. The molecule has 1 saturated heterocycles. The lowest BCUT2D eigenvalue weighted by molar-refractivity contribution is -0.135. The van der Waals surface area contributed by atoms with Gasteiger partial charge in [0, 0.05) is 25.4 Å². The van der Waals surface area contributed by atoms with Gasteiger partial charge in [0.05, 0.1) is 18.3 Å². The maximum absolute atomic E-state index is 5.94. The van der Waals surface area contributed by atoms with Crippen molar-refractivity contribution in [3.05, 3.63) is 18.0 Å². The average molecular weight is 249 g/mol. The van der Waals surface area contributed by atoms with Gasteiger partial charge in [-0.3, -0.25) is 4.68 Å². The third kappa shape index (κ3) is 2.59. The van der Waals surface area contributed by atoms with Gasteiger partial charge in [-0.25, -0.2) is 0 Å². The Morgan fingerprint density at radius 1 is 1.56 bits per heavy atom. The van der Waals surface area contributed by atoms with Crippen LogP contribution in [0.2, 0.25) is 0 Å². The lowest BCUT2D eigenvalue weighted by Gasteiger charge is -2.47. The molecule has 0 bridgehead atoms. The van der Waals surface area contributed by atoms with E-state index in [1.165, 1.54) is 31.2 Å². The van der Waals surface area contributed by atoms with E-state index in [9.17, 15) is 0 Å². The van der Waals surface area contributed by atoms with Crippen molar-refractivity contribution < 1.29 is 4.74 Å². The van der Waals surface area contributed by atoms with Gasteiger partial charge in [0.2, 0.25) is 0 Å². The Morgan fingerprint density at radius 3 is 3.11 bits per heavy atom. The lowest BCUT2D eigenvalue weighted by Crippen LogP contribution is -2.51. The van der Waals surface area contributed by atoms with Crippen LogP contribution in [0, 0.1) is 6.92 Å². The van der Waals surface area contributed by atoms with Crippen molar-refractivity contribution in [2.45, 2.75) is 57.2 Å². The minimum Gasteiger partial charge on any atom is -0.375 e. The first-order valence-electron chi connectivity index (χ1n) is 7.12. The van der Waals surface area contributed by atoms with Crippen LogP contribution in [0.5, 0.6) is 0 Å². The molecule has 1 saturated carbocycles. The van der Waals surface area contributed by atoms with Gasteiger partial charge in [0.25, 0.3) is 0 Å². The summed E-state index contributed by atoms with van der Waals surface area (Å²) in [5.41, 5.74) is 1.48. The number of ether oxygens (including phenoxy) is 1. The van der Waals surface area contributed by atoms with Crippen LogP contribution in [0.15, 0.2) is 12.4 Å². The van der Waals surface area contributed by atoms with Crippen molar-refractivity contribution in [1.82, 2.24) is 15.1 Å². The highest BCUT2D eigenvalue weighted by atomic mass is 16.5. The van der Waals surface area contributed by atoms with E-state index < -0.39 is 0 Å². The van der Waals surface area contributed by atoms with Crippen molar-refractivity contribution in [2.24, 2.45) is 0 Å². The van der Waals surface area contributed by atoms with Gasteiger partial charge < -0.3 is 10.1 Å². The molecule has 0 amide bonds. The highest BCUT2D eigenvalue weighted by Crippen LogP contribution is 2.42. The summed E-state index contributed by atoms with van der Waals surface area (Å²) in [4.78, 5) is 0. The Bertz CT molecular complexity index is 397. The highest BCUT2D eigenvalue weighted by Gasteiger charge is 2.42. The second kappa shape index (κ2) is 5.02. The molecule has 0 aromatic carbocycles. The zero-order chi connectivity index (χ0) is 12.4. The number of rotatable bonds is 4. The first-order valence-corrected chi connectivity index (χ1v) is 7.12. The second-order valence-corrected chi connectivity index (χ2v) is 5.81. The smallest absolute Gasteiger partial charge is 0.0697 e. The van der Waals surface area contributed by atoms with E-state index in [1.54, 1.807) is 0 Å². The van der Waals surface area contributed by atoms with E-state index in [-0.39, 0.29) is 5.60 Å². The molecule has 2 fully saturated rings. The number of hydrogen-bond donors (Lipinski definition) is 1. The van der Waals surface area contributed by atoms with Crippen LogP contribution >= 0.6 is 0 Å². The van der Waals surface area contributed by atoms with Gasteiger partial charge >= 0.3 is 0 Å². The first-order chi connectivity index (χ1) is 8.76. The first kappa shape index (κ1) is 12.2. The number of nitrogens with zero attached hydrogens (tertiary/aromatic N) is 2. The molecular weight excluding hydrogens is 226 g/mol. The molecule has 1 aliphatic carbocycles. The van der Waals surface area contributed by atoms with Gasteiger partial charge in [0.1, 0.15) is 0 Å². The molecule has 1 unspecified atom stereocenters. The molecule has 2 heterocycles. The van der Waals surface area contributed by atoms with E-state index in [0.717, 1.165) is 26.1 Å². The zero-order valence-electron chi connectivity index (χ0n) is 11.2. The van der Waals surface area contributed by atoms with Gasteiger partial charge in [0.15, 0.2) is 0 Å². The van der Waals surface area contributed by atoms with E-state index in [4.69, 9.17) is 4.74 Å². The van der Waals surface area contributed by atoms with Crippen LogP contribution in [-0.2, 0) is 11.3 Å². The lowest BCUT2D eigenvalue weighted by atomic mass is 9.74. The Hall–Kier alpha value is -0.870. The van der Waals surface area contributed by atoms with Crippen molar-refractivity contribution in [3.63, 3.8) is 0 Å². The van der Waals surface area contributed by atoms with E-state index in [1.807, 2.05) is 10.9 Å². The van der Waals surface area contributed by atoms with Crippen LogP contribution < -0.4 is 5.32 Å². The van der Waals surface area contributed by atoms with Crippen molar-refractivity contribution >= 4 is 0 Å². The second-order valence-electron chi connectivity index (χ2n) is 5.81. The largest absolute Gasteiger partial charge is 0.375 e. The van der Waals surface area contributed by atoms with Crippen molar-refractivity contribution in [2.75, 3.05) is 13.2 Å². The minimum absolute atomic E-state index is 0.248. The van der Waals surface area contributed by atoms with Crippen LogP contribution in [0.4, 0.5) is 0 Å². The Balaban J connectivity index is 1.43. The van der Waals surface area contributed by atoms with Gasteiger partial charge in [-0.15, -0.1) is 0 Å². The number of aromatic nitrogens is 2. The molecule has 1 spiro atoms. The fourth-order valence-electron chi connectivity index (χ4n) is 3.09.